The molecule has 0 aliphatic carbocycles. The number of halogens is 1. The fourth-order valence-electron chi connectivity index (χ4n) is 2.65. The van der Waals surface area contributed by atoms with E-state index in [1.165, 1.54) is 18.0 Å². The van der Waals surface area contributed by atoms with Crippen LogP contribution < -0.4 is 10.0 Å². The lowest BCUT2D eigenvalue weighted by molar-refractivity contribution is -0.113. The number of nitrogens with one attached hydrogen (secondary N) is 3. The van der Waals surface area contributed by atoms with Crippen LogP contribution in [0, 0.1) is 0 Å². The van der Waals surface area contributed by atoms with Crippen LogP contribution >= 0.6 is 23.4 Å². The van der Waals surface area contributed by atoms with Crippen LogP contribution in [0.1, 0.15) is 0 Å². The van der Waals surface area contributed by atoms with Crippen molar-refractivity contribution in [1.82, 2.24) is 4.98 Å². The van der Waals surface area contributed by atoms with Crippen LogP contribution in [0.3, 0.4) is 0 Å². The third-order valence-electron chi connectivity index (χ3n) is 3.76. The summed E-state index contributed by atoms with van der Waals surface area (Å²) < 4.78 is 28.0. The van der Waals surface area contributed by atoms with E-state index in [9.17, 15) is 13.2 Å². The Morgan fingerprint density at radius 3 is 2.84 bits per heavy atom. The van der Waals surface area contributed by atoms with Crippen molar-refractivity contribution in [3.63, 3.8) is 0 Å². The molecule has 0 spiro atoms. The Morgan fingerprint density at radius 2 is 2.00 bits per heavy atom. The van der Waals surface area contributed by atoms with Crippen LogP contribution in [0.5, 0.6) is 0 Å². The monoisotopic (exact) mass is 393 g/mol. The zero-order valence-electron chi connectivity index (χ0n) is 12.7. The summed E-state index contributed by atoms with van der Waals surface area (Å²) >= 11 is 7.35. The van der Waals surface area contributed by atoms with Crippen molar-refractivity contribution < 1.29 is 13.2 Å². The summed E-state index contributed by atoms with van der Waals surface area (Å²) in [6.07, 6.45) is 1.43. The lowest BCUT2D eigenvalue weighted by Gasteiger charge is -2.17. The highest BCUT2D eigenvalue weighted by molar-refractivity contribution is 8.00. The number of anilines is 2. The molecule has 0 bridgehead atoms. The molecule has 9 heteroatoms. The number of carbonyl (C=O) groups excluding carboxylic acids is 1. The zero-order chi connectivity index (χ0) is 17.6. The average Bonchev–Trinajstić information content (AvgIpc) is 2.98. The normalized spacial score (nSPS) is 14.2. The van der Waals surface area contributed by atoms with E-state index in [1.807, 2.05) is 0 Å². The van der Waals surface area contributed by atoms with Crippen LogP contribution in [-0.2, 0) is 14.8 Å². The van der Waals surface area contributed by atoms with Crippen molar-refractivity contribution in [2.75, 3.05) is 15.8 Å². The molecule has 3 N–H and O–H groups in total. The number of aromatic nitrogens is 1. The molecule has 0 saturated carbocycles. The summed E-state index contributed by atoms with van der Waals surface area (Å²) in [4.78, 5) is 15.5. The van der Waals surface area contributed by atoms with Crippen molar-refractivity contribution >= 4 is 61.6 Å². The molecule has 1 aliphatic rings. The van der Waals surface area contributed by atoms with Gasteiger partial charge in [-0.2, -0.15) is 0 Å². The number of sulfonamides is 1. The smallest absolute Gasteiger partial charge is 0.264 e. The van der Waals surface area contributed by atoms with E-state index in [1.54, 1.807) is 36.4 Å². The maximum absolute atomic E-state index is 12.7. The molecule has 1 aliphatic heterocycles. The Morgan fingerprint density at radius 1 is 1.16 bits per heavy atom. The van der Waals surface area contributed by atoms with Crippen molar-refractivity contribution in [3.8, 4) is 0 Å². The lowest BCUT2D eigenvalue weighted by atomic mass is 10.2. The van der Waals surface area contributed by atoms with Crippen molar-refractivity contribution in [2.45, 2.75) is 9.79 Å². The Hall–Kier alpha value is -2.16. The molecule has 128 valence electrons. The minimum Gasteiger partial charge on any atom is -0.360 e. The molecule has 3 aromatic rings. The van der Waals surface area contributed by atoms with Crippen molar-refractivity contribution in [1.29, 1.82) is 0 Å². The van der Waals surface area contributed by atoms with Gasteiger partial charge in [-0.15, -0.1) is 11.8 Å². The Balaban J connectivity index is 1.69. The highest BCUT2D eigenvalue weighted by Gasteiger charge is 2.21. The number of benzene rings is 2. The van der Waals surface area contributed by atoms with Gasteiger partial charge in [0, 0.05) is 27.0 Å². The summed E-state index contributed by atoms with van der Waals surface area (Å²) in [6, 6.07) is 10.0. The number of hydrogen-bond acceptors (Lipinski definition) is 4. The van der Waals surface area contributed by atoms with Gasteiger partial charge in [0.1, 0.15) is 4.90 Å². The number of amides is 1. The largest absolute Gasteiger partial charge is 0.360 e. The second-order valence-electron chi connectivity index (χ2n) is 5.50. The summed E-state index contributed by atoms with van der Waals surface area (Å²) in [5.41, 5.74) is 1.62. The first-order valence-electron chi connectivity index (χ1n) is 7.28. The van der Waals surface area contributed by atoms with Gasteiger partial charge in [-0.3, -0.25) is 9.52 Å². The molecular weight excluding hydrogens is 382 g/mol. The van der Waals surface area contributed by atoms with E-state index in [0.29, 0.717) is 33.1 Å². The molecule has 0 atom stereocenters. The quantitative estimate of drug-likeness (QED) is 0.633. The molecule has 0 unspecified atom stereocenters. The van der Waals surface area contributed by atoms with Gasteiger partial charge in [0.25, 0.3) is 10.0 Å². The van der Waals surface area contributed by atoms with E-state index < -0.39 is 10.0 Å². The first-order chi connectivity index (χ1) is 11.9. The summed E-state index contributed by atoms with van der Waals surface area (Å²) in [7, 11) is -3.79. The Kier molecular flexibility index (Phi) is 3.90. The van der Waals surface area contributed by atoms with E-state index in [2.05, 4.69) is 15.0 Å². The summed E-state index contributed by atoms with van der Waals surface area (Å²) in [5.74, 6) is 0.252. The molecule has 1 aromatic heterocycles. The number of fused-ring (bicyclic) bond motifs is 2. The number of H-pyrrole nitrogens is 1. The molecular formula is C16H12ClN3O3S2. The number of thioether (sulfide) groups is 1. The fraction of sp³-hybridized carbons (Fsp3) is 0.0625. The number of rotatable bonds is 3. The van der Waals surface area contributed by atoms with E-state index >= 15 is 0 Å². The third-order valence-corrected chi connectivity index (χ3v) is 6.49. The number of hydrogen-bond donors (Lipinski definition) is 3. The molecule has 0 fully saturated rings. The SMILES string of the molecule is O=C1CSc2ccc(NS(=O)(=O)c3c[nH]c4cc(Cl)ccc34)cc2N1. The lowest BCUT2D eigenvalue weighted by Crippen LogP contribution is -2.19. The van der Waals surface area contributed by atoms with Gasteiger partial charge in [0.2, 0.25) is 5.91 Å². The van der Waals surface area contributed by atoms with Gasteiger partial charge in [0.15, 0.2) is 0 Å². The second-order valence-corrected chi connectivity index (χ2v) is 8.60. The van der Waals surface area contributed by atoms with Gasteiger partial charge < -0.3 is 10.3 Å². The minimum atomic E-state index is -3.79. The molecule has 1 amide bonds. The Labute approximate surface area is 153 Å². The van der Waals surface area contributed by atoms with Crippen molar-refractivity contribution in [2.24, 2.45) is 0 Å². The second kappa shape index (κ2) is 5.98. The molecule has 4 rings (SSSR count). The maximum Gasteiger partial charge on any atom is 0.264 e. The molecule has 25 heavy (non-hydrogen) atoms. The fourth-order valence-corrected chi connectivity index (χ4v) is 4.84. The van der Waals surface area contributed by atoms with Crippen LogP contribution in [0.25, 0.3) is 10.9 Å². The first kappa shape index (κ1) is 16.3. The molecule has 2 heterocycles. The minimum absolute atomic E-state index is 0.106. The maximum atomic E-state index is 12.7. The third kappa shape index (κ3) is 3.08. The van der Waals surface area contributed by atoms with E-state index in [-0.39, 0.29) is 10.8 Å². The van der Waals surface area contributed by atoms with Gasteiger partial charge in [-0.25, -0.2) is 8.42 Å². The van der Waals surface area contributed by atoms with Crippen LogP contribution in [0.2, 0.25) is 5.02 Å². The van der Waals surface area contributed by atoms with Gasteiger partial charge >= 0.3 is 0 Å². The average molecular weight is 394 g/mol. The van der Waals surface area contributed by atoms with Gasteiger partial charge in [-0.1, -0.05) is 11.6 Å². The van der Waals surface area contributed by atoms with Gasteiger partial charge in [-0.05, 0) is 36.4 Å². The Bertz CT molecular complexity index is 1110. The molecule has 2 aromatic carbocycles. The highest BCUT2D eigenvalue weighted by atomic mass is 35.5. The highest BCUT2D eigenvalue weighted by Crippen LogP contribution is 2.34. The first-order valence-corrected chi connectivity index (χ1v) is 10.1. The van der Waals surface area contributed by atoms with Gasteiger partial charge in [0.05, 0.1) is 17.1 Å². The van der Waals surface area contributed by atoms with Crippen LogP contribution in [-0.4, -0.2) is 25.1 Å². The summed E-state index contributed by atoms with van der Waals surface area (Å²) in [6.45, 7) is 0. The van der Waals surface area contributed by atoms with E-state index in [0.717, 1.165) is 4.90 Å². The standard InChI is InChI=1S/C16H12ClN3O3S2/c17-9-1-3-11-12(5-9)18-7-15(11)25(22,23)20-10-2-4-14-13(6-10)19-16(21)8-24-14/h1-7,18,20H,8H2,(H,19,21). The topological polar surface area (TPSA) is 91.1 Å². The van der Waals surface area contributed by atoms with Crippen LogP contribution in [0.15, 0.2) is 52.4 Å². The number of aromatic amines is 1. The van der Waals surface area contributed by atoms with E-state index in [4.69, 9.17) is 11.6 Å². The number of carbonyl (C=O) groups is 1. The van der Waals surface area contributed by atoms with Crippen molar-refractivity contribution in [3.05, 3.63) is 47.6 Å². The summed E-state index contributed by atoms with van der Waals surface area (Å²) in [5, 5.41) is 3.82. The molecule has 6 nitrogen and oxygen atoms in total. The molecule has 0 radical (unpaired) electrons. The predicted octanol–water partition coefficient (Wildman–Crippen LogP) is 3.67. The van der Waals surface area contributed by atoms with Crippen LogP contribution in [0.4, 0.5) is 11.4 Å². The predicted molar refractivity (Wildman–Crippen MR) is 99.9 cm³/mol. The molecule has 0 saturated heterocycles. The zero-order valence-corrected chi connectivity index (χ0v) is 15.1.